The number of hydrogen-bond acceptors (Lipinski definition) is 3. The van der Waals surface area contributed by atoms with Crippen molar-refractivity contribution in [3.63, 3.8) is 0 Å². The van der Waals surface area contributed by atoms with Gasteiger partial charge >= 0.3 is 0 Å². The lowest BCUT2D eigenvalue weighted by Gasteiger charge is -2.19. The Morgan fingerprint density at radius 1 is 1.28 bits per heavy atom. The molecule has 2 aromatic rings. The van der Waals surface area contributed by atoms with E-state index in [2.05, 4.69) is 21.2 Å². The zero-order chi connectivity index (χ0) is 18.0. The minimum absolute atomic E-state index is 0.128. The summed E-state index contributed by atoms with van der Waals surface area (Å²) in [6.45, 7) is 0.290. The van der Waals surface area contributed by atoms with Gasteiger partial charge in [0.2, 0.25) is 11.8 Å². The van der Waals surface area contributed by atoms with E-state index in [1.807, 2.05) is 12.1 Å². The van der Waals surface area contributed by atoms with Gasteiger partial charge in [0.25, 0.3) is 0 Å². The molecule has 2 amide bonds. The molecule has 0 spiro atoms. The molecule has 1 aliphatic rings. The molecule has 0 bridgehead atoms. The molecule has 1 fully saturated rings. The lowest BCUT2D eigenvalue weighted by atomic mass is 10.1. The van der Waals surface area contributed by atoms with Crippen LogP contribution in [0.1, 0.15) is 6.42 Å². The topological polar surface area (TPSA) is 58.6 Å². The van der Waals surface area contributed by atoms with Gasteiger partial charge in [-0.15, -0.1) is 0 Å². The molecule has 1 atom stereocenters. The standard InChI is InChI=1S/C18H16BrClN2O3/c1-25-16-7-4-13(20)9-15(16)22-10-11(8-17(22)23)18(24)21-14-5-2-12(19)3-6-14/h2-7,9,11H,8,10H2,1H3,(H,21,24)/t11-/m0/s1. The molecule has 0 aromatic heterocycles. The molecular formula is C18H16BrClN2O3. The van der Waals surface area contributed by atoms with E-state index in [0.29, 0.717) is 22.1 Å². The van der Waals surface area contributed by atoms with Crippen molar-refractivity contribution in [1.82, 2.24) is 0 Å². The van der Waals surface area contributed by atoms with E-state index in [1.165, 1.54) is 7.11 Å². The van der Waals surface area contributed by atoms with Crippen LogP contribution in [0.3, 0.4) is 0 Å². The molecule has 0 saturated carbocycles. The van der Waals surface area contributed by atoms with Crippen molar-refractivity contribution in [2.75, 3.05) is 23.9 Å². The molecule has 3 rings (SSSR count). The fourth-order valence-corrected chi connectivity index (χ4v) is 3.20. The minimum Gasteiger partial charge on any atom is -0.495 e. The van der Waals surface area contributed by atoms with Crippen LogP contribution in [0.2, 0.25) is 5.02 Å². The zero-order valence-corrected chi connectivity index (χ0v) is 15.8. The quantitative estimate of drug-likeness (QED) is 0.805. The fourth-order valence-electron chi connectivity index (χ4n) is 2.77. The fraction of sp³-hybridized carbons (Fsp3) is 0.222. The maximum atomic E-state index is 12.5. The number of anilines is 2. The first-order valence-corrected chi connectivity index (χ1v) is 8.85. The number of hydrogen-bond donors (Lipinski definition) is 1. The Balaban J connectivity index is 1.75. The molecular weight excluding hydrogens is 408 g/mol. The van der Waals surface area contributed by atoms with Crippen LogP contribution < -0.4 is 15.0 Å². The van der Waals surface area contributed by atoms with E-state index in [0.717, 1.165) is 4.47 Å². The van der Waals surface area contributed by atoms with E-state index < -0.39 is 5.92 Å². The van der Waals surface area contributed by atoms with Crippen molar-refractivity contribution in [2.45, 2.75) is 6.42 Å². The predicted molar refractivity (Wildman–Crippen MR) is 101 cm³/mol. The second kappa shape index (κ2) is 7.45. The highest BCUT2D eigenvalue weighted by atomic mass is 79.9. The van der Waals surface area contributed by atoms with Crippen molar-refractivity contribution in [3.8, 4) is 5.75 Å². The first-order valence-electron chi connectivity index (χ1n) is 7.68. The Labute approximate surface area is 159 Å². The zero-order valence-electron chi connectivity index (χ0n) is 13.5. The van der Waals surface area contributed by atoms with Gasteiger partial charge in [0.15, 0.2) is 0 Å². The normalized spacial score (nSPS) is 16.8. The highest BCUT2D eigenvalue weighted by molar-refractivity contribution is 9.10. The summed E-state index contributed by atoms with van der Waals surface area (Å²) >= 11 is 9.39. The van der Waals surface area contributed by atoms with Crippen molar-refractivity contribution < 1.29 is 14.3 Å². The number of ether oxygens (including phenoxy) is 1. The lowest BCUT2D eigenvalue weighted by Crippen LogP contribution is -2.28. The van der Waals surface area contributed by atoms with Crippen molar-refractivity contribution in [3.05, 3.63) is 52.0 Å². The average molecular weight is 424 g/mol. The summed E-state index contributed by atoms with van der Waals surface area (Å²) in [6, 6.07) is 12.4. The van der Waals surface area contributed by atoms with E-state index in [-0.39, 0.29) is 24.8 Å². The molecule has 1 saturated heterocycles. The molecule has 1 aliphatic heterocycles. The predicted octanol–water partition coefficient (Wildman–Crippen LogP) is 4.10. The van der Waals surface area contributed by atoms with Gasteiger partial charge < -0.3 is 15.0 Å². The van der Waals surface area contributed by atoms with Gasteiger partial charge in [-0.2, -0.15) is 0 Å². The van der Waals surface area contributed by atoms with E-state index in [1.54, 1.807) is 35.2 Å². The summed E-state index contributed by atoms with van der Waals surface area (Å²) in [5, 5.41) is 3.35. The van der Waals surface area contributed by atoms with Gasteiger partial charge in [-0.25, -0.2) is 0 Å². The Hall–Kier alpha value is -2.05. The van der Waals surface area contributed by atoms with Crippen LogP contribution in [-0.2, 0) is 9.59 Å². The number of benzene rings is 2. The summed E-state index contributed by atoms with van der Waals surface area (Å²) in [4.78, 5) is 26.4. The molecule has 0 unspecified atom stereocenters. The Morgan fingerprint density at radius 3 is 2.68 bits per heavy atom. The van der Waals surface area contributed by atoms with Crippen molar-refractivity contribution in [1.29, 1.82) is 0 Å². The maximum Gasteiger partial charge on any atom is 0.229 e. The number of amides is 2. The summed E-state index contributed by atoms with van der Waals surface area (Å²) in [5.74, 6) is -0.192. The third kappa shape index (κ3) is 3.96. The van der Waals surface area contributed by atoms with Gasteiger partial charge in [-0.05, 0) is 42.5 Å². The third-order valence-corrected chi connectivity index (χ3v) is 4.80. The Bertz CT molecular complexity index is 810. The molecule has 0 radical (unpaired) electrons. The van der Waals surface area contributed by atoms with E-state index >= 15 is 0 Å². The van der Waals surface area contributed by atoms with E-state index in [4.69, 9.17) is 16.3 Å². The van der Waals surface area contributed by atoms with Crippen LogP contribution in [0.25, 0.3) is 0 Å². The SMILES string of the molecule is COc1ccc(Cl)cc1N1C[C@@H](C(=O)Nc2ccc(Br)cc2)CC1=O. The molecule has 5 nitrogen and oxygen atoms in total. The number of nitrogens with one attached hydrogen (secondary N) is 1. The van der Waals surface area contributed by atoms with Gasteiger partial charge in [-0.3, -0.25) is 9.59 Å². The van der Waals surface area contributed by atoms with Crippen molar-refractivity contribution >= 4 is 50.7 Å². The van der Waals surface area contributed by atoms with Crippen LogP contribution in [0.4, 0.5) is 11.4 Å². The number of nitrogens with zero attached hydrogens (tertiary/aromatic N) is 1. The third-order valence-electron chi connectivity index (χ3n) is 4.04. The number of halogens is 2. The summed E-state index contributed by atoms with van der Waals surface area (Å²) in [6.07, 6.45) is 0.151. The maximum absolute atomic E-state index is 12.5. The van der Waals surface area contributed by atoms with Gasteiger partial charge in [0.1, 0.15) is 5.75 Å². The molecule has 7 heteroatoms. The van der Waals surface area contributed by atoms with Crippen LogP contribution in [-0.4, -0.2) is 25.5 Å². The Kier molecular flexibility index (Phi) is 5.30. The van der Waals surface area contributed by atoms with Crippen LogP contribution in [0, 0.1) is 5.92 Å². The molecule has 25 heavy (non-hydrogen) atoms. The number of carbonyl (C=O) groups excluding carboxylic acids is 2. The molecule has 1 N–H and O–H groups in total. The van der Waals surface area contributed by atoms with Crippen LogP contribution in [0.5, 0.6) is 5.75 Å². The Morgan fingerprint density at radius 2 is 2.00 bits per heavy atom. The molecule has 0 aliphatic carbocycles. The molecule has 130 valence electrons. The number of methoxy groups -OCH3 is 1. The molecule has 1 heterocycles. The highest BCUT2D eigenvalue weighted by Gasteiger charge is 2.36. The van der Waals surface area contributed by atoms with Gasteiger partial charge in [0.05, 0.1) is 18.7 Å². The smallest absolute Gasteiger partial charge is 0.229 e. The van der Waals surface area contributed by atoms with Crippen molar-refractivity contribution in [2.24, 2.45) is 5.92 Å². The van der Waals surface area contributed by atoms with E-state index in [9.17, 15) is 9.59 Å². The summed E-state index contributed by atoms with van der Waals surface area (Å²) in [5.41, 5.74) is 1.28. The van der Waals surface area contributed by atoms with Gasteiger partial charge in [-0.1, -0.05) is 27.5 Å². The second-order valence-corrected chi connectivity index (χ2v) is 7.07. The minimum atomic E-state index is -0.431. The van der Waals surface area contributed by atoms with Crippen LogP contribution in [0.15, 0.2) is 46.9 Å². The number of rotatable bonds is 4. The first-order chi connectivity index (χ1) is 12.0. The van der Waals surface area contributed by atoms with Gasteiger partial charge in [0, 0.05) is 28.1 Å². The second-order valence-electron chi connectivity index (χ2n) is 5.72. The summed E-state index contributed by atoms with van der Waals surface area (Å²) in [7, 11) is 1.53. The van der Waals surface area contributed by atoms with Crippen LogP contribution >= 0.6 is 27.5 Å². The number of carbonyl (C=O) groups is 2. The average Bonchev–Trinajstić information content (AvgIpc) is 2.98. The first kappa shape index (κ1) is 17.8. The summed E-state index contributed by atoms with van der Waals surface area (Å²) < 4.78 is 6.24. The lowest BCUT2D eigenvalue weighted by molar-refractivity contribution is -0.122. The largest absolute Gasteiger partial charge is 0.495 e. The monoisotopic (exact) mass is 422 g/mol. The highest BCUT2D eigenvalue weighted by Crippen LogP contribution is 2.35. The molecule has 2 aromatic carbocycles.